The summed E-state index contributed by atoms with van der Waals surface area (Å²) < 4.78 is 7.99. The third-order valence-corrected chi connectivity index (χ3v) is 6.38. The second-order valence-electron chi connectivity index (χ2n) is 7.14. The first-order chi connectivity index (χ1) is 13.9. The summed E-state index contributed by atoms with van der Waals surface area (Å²) in [7, 11) is 0. The lowest BCUT2D eigenvalue weighted by molar-refractivity contribution is -0.119. The van der Waals surface area contributed by atoms with Crippen molar-refractivity contribution < 1.29 is 9.53 Å². The highest BCUT2D eigenvalue weighted by Gasteiger charge is 2.26. The van der Waals surface area contributed by atoms with Crippen LogP contribution in [0.3, 0.4) is 0 Å². The molecule has 1 aliphatic heterocycles. The number of fused-ring (bicyclic) bond motifs is 1. The standard InChI is InChI=1S/C20H21ClN4O3S/c1-12-13(2)22-11-24(19(12)27)10-18(26)25(9-15-4-3-7-28-15)20-23-16-6-5-14(21)8-17(16)29-20/h5-6,8,11,15H,3-4,7,9-10H2,1-2H3. The molecule has 152 valence electrons. The van der Waals surface area contributed by atoms with Crippen LogP contribution >= 0.6 is 22.9 Å². The highest BCUT2D eigenvalue weighted by Crippen LogP contribution is 2.31. The smallest absolute Gasteiger partial charge is 0.256 e. The number of benzene rings is 1. The van der Waals surface area contributed by atoms with E-state index >= 15 is 0 Å². The first-order valence-corrected chi connectivity index (χ1v) is 10.6. The van der Waals surface area contributed by atoms with E-state index in [0.717, 1.165) is 23.1 Å². The van der Waals surface area contributed by atoms with Crippen LogP contribution in [0.1, 0.15) is 24.1 Å². The zero-order valence-electron chi connectivity index (χ0n) is 16.2. The molecule has 7 nitrogen and oxygen atoms in total. The van der Waals surface area contributed by atoms with Gasteiger partial charge in [-0.2, -0.15) is 0 Å². The van der Waals surface area contributed by atoms with E-state index in [1.165, 1.54) is 22.2 Å². The Balaban J connectivity index is 1.66. The zero-order valence-corrected chi connectivity index (χ0v) is 17.8. The second kappa shape index (κ2) is 8.22. The highest BCUT2D eigenvalue weighted by atomic mass is 35.5. The van der Waals surface area contributed by atoms with Crippen molar-refractivity contribution in [3.05, 3.63) is 51.2 Å². The summed E-state index contributed by atoms with van der Waals surface area (Å²) in [6.45, 7) is 4.49. The summed E-state index contributed by atoms with van der Waals surface area (Å²) in [5, 5.41) is 1.20. The molecule has 3 aromatic rings. The summed E-state index contributed by atoms with van der Waals surface area (Å²) in [4.78, 5) is 36.2. The molecule has 1 atom stereocenters. The van der Waals surface area contributed by atoms with Gasteiger partial charge in [-0.1, -0.05) is 22.9 Å². The van der Waals surface area contributed by atoms with E-state index in [1.807, 2.05) is 12.1 Å². The maximum atomic E-state index is 13.2. The fourth-order valence-electron chi connectivity index (χ4n) is 3.30. The number of amides is 1. The van der Waals surface area contributed by atoms with Crippen LogP contribution in [0.4, 0.5) is 5.13 Å². The Labute approximate surface area is 176 Å². The first kappa shape index (κ1) is 20.0. The highest BCUT2D eigenvalue weighted by molar-refractivity contribution is 7.22. The average Bonchev–Trinajstić information content (AvgIpc) is 3.35. The third kappa shape index (κ3) is 4.19. The number of anilines is 1. The molecule has 0 aliphatic carbocycles. The number of carbonyl (C=O) groups excluding carboxylic acids is 1. The number of thiazole rings is 1. The molecule has 29 heavy (non-hydrogen) atoms. The van der Waals surface area contributed by atoms with Gasteiger partial charge in [-0.25, -0.2) is 9.97 Å². The minimum absolute atomic E-state index is 0.0378. The maximum Gasteiger partial charge on any atom is 0.256 e. The molecule has 4 rings (SSSR count). The predicted molar refractivity (Wildman–Crippen MR) is 114 cm³/mol. The van der Waals surface area contributed by atoms with Gasteiger partial charge in [-0.15, -0.1) is 0 Å². The van der Waals surface area contributed by atoms with Crippen LogP contribution in [-0.2, 0) is 16.1 Å². The van der Waals surface area contributed by atoms with E-state index in [2.05, 4.69) is 9.97 Å². The molecule has 2 aromatic heterocycles. The Bertz CT molecular complexity index is 1120. The fraction of sp³-hybridized carbons (Fsp3) is 0.400. The molecular weight excluding hydrogens is 412 g/mol. The number of rotatable bonds is 5. The minimum atomic E-state index is -0.224. The SMILES string of the molecule is Cc1ncn(CC(=O)N(CC2CCCO2)c2nc3ccc(Cl)cc3s2)c(=O)c1C. The second-order valence-corrected chi connectivity index (χ2v) is 8.58. The van der Waals surface area contributed by atoms with Crippen molar-refractivity contribution >= 4 is 44.2 Å². The molecule has 0 N–H and O–H groups in total. The van der Waals surface area contributed by atoms with Gasteiger partial charge in [0.15, 0.2) is 5.13 Å². The average molecular weight is 433 g/mol. The number of nitrogens with zero attached hydrogens (tertiary/aromatic N) is 4. The van der Waals surface area contributed by atoms with Gasteiger partial charge >= 0.3 is 0 Å². The largest absolute Gasteiger partial charge is 0.376 e. The molecule has 1 aromatic carbocycles. The van der Waals surface area contributed by atoms with Crippen molar-refractivity contribution in [2.75, 3.05) is 18.1 Å². The fourth-order valence-corrected chi connectivity index (χ4v) is 4.57. The Hall–Kier alpha value is -2.29. The minimum Gasteiger partial charge on any atom is -0.376 e. The van der Waals surface area contributed by atoms with Crippen molar-refractivity contribution in [2.24, 2.45) is 0 Å². The predicted octanol–water partition coefficient (Wildman–Crippen LogP) is 3.34. The van der Waals surface area contributed by atoms with E-state index in [4.69, 9.17) is 16.3 Å². The topological polar surface area (TPSA) is 77.3 Å². The summed E-state index contributed by atoms with van der Waals surface area (Å²) in [5.74, 6) is -0.224. The molecule has 1 amide bonds. The van der Waals surface area contributed by atoms with Crippen molar-refractivity contribution in [1.29, 1.82) is 0 Å². The molecular formula is C20H21ClN4O3S. The van der Waals surface area contributed by atoms with Gasteiger partial charge in [0.1, 0.15) is 6.54 Å². The van der Waals surface area contributed by atoms with E-state index in [-0.39, 0.29) is 24.1 Å². The van der Waals surface area contributed by atoms with Crippen LogP contribution in [0.2, 0.25) is 5.02 Å². The number of halogens is 1. The molecule has 1 fully saturated rings. The van der Waals surface area contributed by atoms with Crippen LogP contribution < -0.4 is 10.5 Å². The quantitative estimate of drug-likeness (QED) is 0.618. The van der Waals surface area contributed by atoms with E-state index < -0.39 is 0 Å². The Morgan fingerprint density at radius 3 is 3.00 bits per heavy atom. The molecule has 0 radical (unpaired) electrons. The molecule has 9 heteroatoms. The van der Waals surface area contributed by atoms with Crippen LogP contribution in [0.5, 0.6) is 0 Å². The normalized spacial score (nSPS) is 16.4. The molecule has 1 aliphatic rings. The van der Waals surface area contributed by atoms with Gasteiger partial charge in [0.05, 0.1) is 29.2 Å². The van der Waals surface area contributed by atoms with Crippen molar-refractivity contribution in [3.8, 4) is 0 Å². The number of aromatic nitrogens is 3. The molecule has 0 spiro atoms. The zero-order chi connectivity index (χ0) is 20.5. The van der Waals surface area contributed by atoms with Crippen LogP contribution in [0, 0.1) is 13.8 Å². The summed E-state index contributed by atoms with van der Waals surface area (Å²) in [6.07, 6.45) is 3.25. The molecule has 3 heterocycles. The number of hydrogen-bond donors (Lipinski definition) is 0. The Morgan fingerprint density at radius 2 is 2.24 bits per heavy atom. The van der Waals surface area contributed by atoms with Gasteiger partial charge in [0, 0.05) is 22.9 Å². The maximum absolute atomic E-state index is 13.2. The Kier molecular flexibility index (Phi) is 5.67. The first-order valence-electron chi connectivity index (χ1n) is 9.43. The summed E-state index contributed by atoms with van der Waals surface area (Å²) in [5.41, 5.74) is 1.78. The van der Waals surface area contributed by atoms with E-state index in [1.54, 1.807) is 24.8 Å². The van der Waals surface area contributed by atoms with Gasteiger partial charge in [0.25, 0.3) is 5.56 Å². The van der Waals surface area contributed by atoms with E-state index in [0.29, 0.717) is 34.6 Å². The summed E-state index contributed by atoms with van der Waals surface area (Å²) >= 11 is 7.50. The van der Waals surface area contributed by atoms with Crippen molar-refractivity contribution in [1.82, 2.24) is 14.5 Å². The monoisotopic (exact) mass is 432 g/mol. The van der Waals surface area contributed by atoms with Crippen molar-refractivity contribution in [3.63, 3.8) is 0 Å². The van der Waals surface area contributed by atoms with Crippen LogP contribution in [-0.4, -0.2) is 39.7 Å². The molecule has 0 bridgehead atoms. The molecule has 0 saturated carbocycles. The van der Waals surface area contributed by atoms with Gasteiger partial charge in [-0.3, -0.25) is 19.1 Å². The number of aryl methyl sites for hydroxylation is 1. The Morgan fingerprint density at radius 1 is 1.41 bits per heavy atom. The van der Waals surface area contributed by atoms with Gasteiger partial charge in [-0.05, 0) is 44.9 Å². The lowest BCUT2D eigenvalue weighted by Gasteiger charge is -2.23. The van der Waals surface area contributed by atoms with Gasteiger partial charge in [0.2, 0.25) is 5.91 Å². The number of carbonyl (C=O) groups is 1. The van der Waals surface area contributed by atoms with E-state index in [9.17, 15) is 9.59 Å². The number of ether oxygens (including phenoxy) is 1. The number of hydrogen-bond acceptors (Lipinski definition) is 6. The third-order valence-electron chi connectivity index (χ3n) is 5.10. The molecule has 1 unspecified atom stereocenters. The lowest BCUT2D eigenvalue weighted by Crippen LogP contribution is -2.41. The van der Waals surface area contributed by atoms with Gasteiger partial charge < -0.3 is 4.74 Å². The lowest BCUT2D eigenvalue weighted by atomic mass is 10.2. The molecule has 1 saturated heterocycles. The summed E-state index contributed by atoms with van der Waals surface area (Å²) in [6, 6.07) is 5.45. The van der Waals surface area contributed by atoms with Crippen molar-refractivity contribution in [2.45, 2.75) is 39.3 Å². The van der Waals surface area contributed by atoms with Crippen LogP contribution in [0.25, 0.3) is 10.2 Å². The van der Waals surface area contributed by atoms with Crippen LogP contribution in [0.15, 0.2) is 29.3 Å².